The highest BCUT2D eigenvalue weighted by Gasteiger charge is 2.16. The molecule has 0 atom stereocenters. The summed E-state index contributed by atoms with van der Waals surface area (Å²) in [5.74, 6) is 0. The molecule has 3 rings (SSSR count). The fourth-order valence-corrected chi connectivity index (χ4v) is 2.44. The fourth-order valence-electron chi connectivity index (χ4n) is 2.44. The Hall–Kier alpha value is -1.89. The van der Waals surface area contributed by atoms with Crippen molar-refractivity contribution in [1.82, 2.24) is 0 Å². The molecule has 0 N–H and O–H groups in total. The molecule has 1 nitrogen and oxygen atoms in total. The summed E-state index contributed by atoms with van der Waals surface area (Å²) < 4.78 is 0. The van der Waals surface area contributed by atoms with Crippen LogP contribution in [0.3, 0.4) is 0 Å². The van der Waals surface area contributed by atoms with E-state index in [1.54, 1.807) is 0 Å². The topological polar surface area (TPSA) is 17.1 Å². The van der Waals surface area contributed by atoms with Crippen molar-refractivity contribution in [3.8, 4) is 0 Å². The highest BCUT2D eigenvalue weighted by molar-refractivity contribution is 5.78. The van der Waals surface area contributed by atoms with E-state index in [0.717, 1.165) is 24.7 Å². The van der Waals surface area contributed by atoms with Crippen molar-refractivity contribution in [1.29, 1.82) is 0 Å². The second-order valence-corrected chi connectivity index (χ2v) is 4.23. The van der Waals surface area contributed by atoms with E-state index in [4.69, 9.17) is 0 Å². The van der Waals surface area contributed by atoms with Crippen LogP contribution < -0.4 is 0 Å². The summed E-state index contributed by atoms with van der Waals surface area (Å²) in [6.07, 6.45) is 2.81. The van der Waals surface area contributed by atoms with Crippen molar-refractivity contribution in [3.05, 3.63) is 70.3 Å². The summed E-state index contributed by atoms with van der Waals surface area (Å²) in [5.41, 5.74) is 6.08. The molecule has 78 valence electrons. The summed E-state index contributed by atoms with van der Waals surface area (Å²) in [7, 11) is 0. The van der Waals surface area contributed by atoms with Gasteiger partial charge in [-0.2, -0.15) is 0 Å². The maximum atomic E-state index is 11.0. The normalized spacial score (nSPS) is 12.8. The number of carbonyl (C=O) groups excluding carboxylic acids is 1. The van der Waals surface area contributed by atoms with Crippen molar-refractivity contribution in [2.45, 2.75) is 12.8 Å². The molecule has 0 radical (unpaired) electrons. The van der Waals surface area contributed by atoms with Gasteiger partial charge in [-0.25, -0.2) is 0 Å². The Morgan fingerprint density at radius 3 is 2.25 bits per heavy atom. The first-order chi connectivity index (χ1) is 7.88. The fraction of sp³-hybridized carbons (Fsp3) is 0.133. The lowest BCUT2D eigenvalue weighted by Crippen LogP contribution is -2.09. The minimum atomic E-state index is 0.840. The molecule has 0 heterocycles. The summed E-state index contributed by atoms with van der Waals surface area (Å²) >= 11 is 0. The van der Waals surface area contributed by atoms with Crippen LogP contribution in [0, 0.1) is 0 Å². The van der Waals surface area contributed by atoms with E-state index in [1.165, 1.54) is 22.3 Å². The van der Waals surface area contributed by atoms with Crippen LogP contribution in [0.5, 0.6) is 0 Å². The molecule has 0 fully saturated rings. The summed E-state index contributed by atoms with van der Waals surface area (Å²) in [6.45, 7) is 0. The predicted octanol–water partition coefficient (Wildman–Crippen LogP) is 2.99. The third kappa shape index (κ3) is 1.36. The van der Waals surface area contributed by atoms with Gasteiger partial charge >= 0.3 is 0 Å². The van der Waals surface area contributed by atoms with Gasteiger partial charge in [-0.05, 0) is 35.1 Å². The van der Waals surface area contributed by atoms with Crippen molar-refractivity contribution in [3.63, 3.8) is 0 Å². The Kier molecular flexibility index (Phi) is 2.10. The lowest BCUT2D eigenvalue weighted by molar-refractivity contribution is 0.112. The second-order valence-electron chi connectivity index (χ2n) is 4.23. The Bertz CT molecular complexity index is 555. The maximum Gasteiger partial charge on any atom is 0.150 e. The van der Waals surface area contributed by atoms with Crippen molar-refractivity contribution in [2.75, 3.05) is 0 Å². The van der Waals surface area contributed by atoms with Gasteiger partial charge in [0.15, 0.2) is 0 Å². The molecule has 0 unspecified atom stereocenters. The van der Waals surface area contributed by atoms with E-state index >= 15 is 0 Å². The molecule has 0 spiro atoms. The molecule has 2 aromatic carbocycles. The molecule has 0 bridgehead atoms. The lowest BCUT2D eigenvalue weighted by Gasteiger charge is -2.20. The highest BCUT2D eigenvalue weighted by Crippen LogP contribution is 2.28. The number of fused-ring (bicyclic) bond motifs is 2. The summed E-state index contributed by atoms with van der Waals surface area (Å²) in [6, 6.07) is 14.5. The third-order valence-corrected chi connectivity index (χ3v) is 3.30. The van der Waals surface area contributed by atoms with Gasteiger partial charge in [-0.3, -0.25) is 4.79 Å². The van der Waals surface area contributed by atoms with Crippen LogP contribution in [-0.4, -0.2) is 6.29 Å². The zero-order valence-corrected chi connectivity index (χ0v) is 8.94. The van der Waals surface area contributed by atoms with Crippen LogP contribution in [0.4, 0.5) is 0 Å². The van der Waals surface area contributed by atoms with E-state index in [-0.39, 0.29) is 0 Å². The minimum absolute atomic E-state index is 0.840. The van der Waals surface area contributed by atoms with Crippen molar-refractivity contribution < 1.29 is 4.79 Å². The second kappa shape index (κ2) is 3.60. The zero-order chi connectivity index (χ0) is 11.0. The predicted molar refractivity (Wildman–Crippen MR) is 63.9 cm³/mol. The van der Waals surface area contributed by atoms with Crippen LogP contribution in [-0.2, 0) is 12.8 Å². The Balaban J connectivity index is 2.15. The first-order valence-corrected chi connectivity index (χ1v) is 5.51. The smallest absolute Gasteiger partial charge is 0.150 e. The van der Waals surface area contributed by atoms with Gasteiger partial charge in [-0.15, -0.1) is 0 Å². The number of hydrogen-bond acceptors (Lipinski definition) is 1. The van der Waals surface area contributed by atoms with E-state index in [1.807, 2.05) is 12.1 Å². The Morgan fingerprint density at radius 1 is 0.812 bits per heavy atom. The number of carbonyl (C=O) groups is 1. The average Bonchev–Trinajstić information content (AvgIpc) is 2.35. The Morgan fingerprint density at radius 2 is 1.50 bits per heavy atom. The van der Waals surface area contributed by atoms with Gasteiger partial charge in [0.2, 0.25) is 0 Å². The van der Waals surface area contributed by atoms with E-state index < -0.39 is 0 Å². The SMILES string of the molecule is O=Cc1cccc2c1Cc1ccccc1C2. The number of benzene rings is 2. The van der Waals surface area contributed by atoms with Gasteiger partial charge in [0, 0.05) is 5.56 Å². The van der Waals surface area contributed by atoms with Gasteiger partial charge in [0.25, 0.3) is 0 Å². The molecule has 1 aliphatic carbocycles. The van der Waals surface area contributed by atoms with Gasteiger partial charge < -0.3 is 0 Å². The van der Waals surface area contributed by atoms with Crippen LogP contribution in [0.25, 0.3) is 0 Å². The number of rotatable bonds is 1. The molecule has 1 aliphatic rings. The van der Waals surface area contributed by atoms with E-state index in [9.17, 15) is 4.79 Å². The minimum Gasteiger partial charge on any atom is -0.298 e. The number of aldehydes is 1. The molecule has 1 heteroatoms. The monoisotopic (exact) mass is 208 g/mol. The molecule has 0 aromatic heterocycles. The van der Waals surface area contributed by atoms with E-state index in [2.05, 4.69) is 30.3 Å². The summed E-state index contributed by atoms with van der Waals surface area (Å²) in [5, 5.41) is 0. The van der Waals surface area contributed by atoms with Gasteiger partial charge in [-0.1, -0.05) is 42.5 Å². The molecule has 0 amide bonds. The molecular formula is C15H12O. The molecule has 16 heavy (non-hydrogen) atoms. The highest BCUT2D eigenvalue weighted by atomic mass is 16.1. The lowest BCUT2D eigenvalue weighted by atomic mass is 9.84. The third-order valence-electron chi connectivity index (χ3n) is 3.30. The molecule has 0 saturated carbocycles. The Labute approximate surface area is 94.7 Å². The van der Waals surface area contributed by atoms with Crippen molar-refractivity contribution in [2.24, 2.45) is 0 Å². The largest absolute Gasteiger partial charge is 0.298 e. The van der Waals surface area contributed by atoms with Crippen LogP contribution >= 0.6 is 0 Å². The molecular weight excluding hydrogens is 196 g/mol. The van der Waals surface area contributed by atoms with E-state index in [0.29, 0.717) is 0 Å². The quantitative estimate of drug-likeness (QED) is 0.562. The van der Waals surface area contributed by atoms with Gasteiger partial charge in [0.1, 0.15) is 6.29 Å². The first kappa shape index (κ1) is 9.34. The standard InChI is InChI=1S/C15H12O/c16-10-14-7-3-6-13-8-11-4-1-2-5-12(11)9-15(13)14/h1-7,10H,8-9H2. The van der Waals surface area contributed by atoms with Crippen molar-refractivity contribution >= 4 is 6.29 Å². The van der Waals surface area contributed by atoms with Crippen LogP contribution in [0.2, 0.25) is 0 Å². The van der Waals surface area contributed by atoms with Gasteiger partial charge in [0.05, 0.1) is 0 Å². The molecule has 0 aliphatic heterocycles. The number of hydrogen-bond donors (Lipinski definition) is 0. The zero-order valence-electron chi connectivity index (χ0n) is 8.94. The summed E-state index contributed by atoms with van der Waals surface area (Å²) in [4.78, 5) is 11.0. The molecule has 0 saturated heterocycles. The van der Waals surface area contributed by atoms with Crippen LogP contribution in [0.1, 0.15) is 32.6 Å². The van der Waals surface area contributed by atoms with Crippen LogP contribution in [0.15, 0.2) is 42.5 Å². The first-order valence-electron chi connectivity index (χ1n) is 5.51. The molecule has 2 aromatic rings. The maximum absolute atomic E-state index is 11.0. The average molecular weight is 208 g/mol.